The monoisotopic (exact) mass is 337 g/mol. The molecule has 0 radical (unpaired) electrons. The number of halogens is 2. The molecule has 0 unspecified atom stereocenters. The number of aryl methyl sites for hydroxylation is 1. The van der Waals surface area contributed by atoms with Gasteiger partial charge < -0.3 is 5.32 Å². The summed E-state index contributed by atoms with van der Waals surface area (Å²) in [6, 6.07) is 5.68. The first kappa shape index (κ1) is 15.7. The van der Waals surface area contributed by atoms with E-state index in [4.69, 9.17) is 28.3 Å². The van der Waals surface area contributed by atoms with Crippen molar-refractivity contribution in [1.82, 2.24) is 9.78 Å². The quantitative estimate of drug-likeness (QED) is 0.823. The van der Waals surface area contributed by atoms with E-state index >= 15 is 0 Å². The van der Waals surface area contributed by atoms with E-state index in [0.29, 0.717) is 10.0 Å². The van der Waals surface area contributed by atoms with Crippen LogP contribution in [0.3, 0.4) is 0 Å². The zero-order chi connectivity index (χ0) is 15.5. The Balaban J connectivity index is 2.06. The summed E-state index contributed by atoms with van der Waals surface area (Å²) in [5.41, 5.74) is 3.55. The van der Waals surface area contributed by atoms with Crippen LogP contribution < -0.4 is 5.32 Å². The van der Waals surface area contributed by atoms with Crippen molar-refractivity contribution in [3.05, 3.63) is 39.5 Å². The molecule has 1 aliphatic heterocycles. The van der Waals surface area contributed by atoms with E-state index in [2.05, 4.69) is 12.2 Å². The van der Waals surface area contributed by atoms with Crippen LogP contribution in [-0.2, 0) is 12.8 Å². The summed E-state index contributed by atoms with van der Waals surface area (Å²) >= 11 is 12.2. The van der Waals surface area contributed by atoms with Crippen molar-refractivity contribution < 1.29 is 0 Å². The lowest BCUT2D eigenvalue weighted by Gasteiger charge is -2.10. The largest absolute Gasteiger partial charge is 0.370 e. The lowest BCUT2D eigenvalue weighted by molar-refractivity contribution is 0.728. The molecule has 2 aromatic rings. The van der Waals surface area contributed by atoms with Crippen LogP contribution in [0.1, 0.15) is 43.9 Å². The molecule has 22 heavy (non-hydrogen) atoms. The molecule has 0 saturated heterocycles. The van der Waals surface area contributed by atoms with Crippen LogP contribution in [0, 0.1) is 0 Å². The second-order valence-electron chi connectivity index (χ2n) is 5.77. The van der Waals surface area contributed by atoms with Crippen LogP contribution in [0.5, 0.6) is 0 Å². The third kappa shape index (κ3) is 3.11. The van der Waals surface area contributed by atoms with Crippen molar-refractivity contribution in [1.29, 1.82) is 0 Å². The molecule has 0 spiro atoms. The Morgan fingerprint density at radius 2 is 2.09 bits per heavy atom. The fraction of sp³-hybridized carbons (Fsp3) is 0.471. The summed E-state index contributed by atoms with van der Waals surface area (Å²) in [6.07, 6.45) is 6.90. The van der Waals surface area contributed by atoms with Gasteiger partial charge in [0.25, 0.3) is 0 Å². The highest BCUT2D eigenvalue weighted by atomic mass is 35.5. The average Bonchev–Trinajstić information content (AvgIpc) is 2.70. The first-order chi connectivity index (χ1) is 10.7. The zero-order valence-corrected chi connectivity index (χ0v) is 14.3. The first-order valence-corrected chi connectivity index (χ1v) is 8.76. The number of anilines is 1. The number of fused-ring (bicyclic) bond motifs is 1. The normalized spacial score (nSPS) is 14.3. The Labute approximate surface area is 141 Å². The minimum atomic E-state index is 0.562. The fourth-order valence-corrected chi connectivity index (χ4v) is 3.21. The van der Waals surface area contributed by atoms with Gasteiger partial charge in [-0.3, -0.25) is 0 Å². The summed E-state index contributed by atoms with van der Waals surface area (Å²) in [5, 5.41) is 9.55. The van der Waals surface area contributed by atoms with E-state index in [1.807, 2.05) is 22.9 Å². The maximum absolute atomic E-state index is 6.18. The average molecular weight is 338 g/mol. The van der Waals surface area contributed by atoms with Crippen molar-refractivity contribution in [2.24, 2.45) is 0 Å². The second kappa shape index (κ2) is 6.93. The van der Waals surface area contributed by atoms with Gasteiger partial charge in [-0.1, -0.05) is 36.5 Å². The summed E-state index contributed by atoms with van der Waals surface area (Å²) in [4.78, 5) is 0. The lowest BCUT2D eigenvalue weighted by atomic mass is 10.1. The minimum Gasteiger partial charge on any atom is -0.370 e. The lowest BCUT2D eigenvalue weighted by Crippen LogP contribution is -2.07. The molecule has 0 fully saturated rings. The number of rotatable bonds is 4. The predicted octanol–water partition coefficient (Wildman–Crippen LogP) is 5.27. The molecule has 2 heterocycles. The number of nitrogens with zero attached hydrogens (tertiary/aromatic N) is 2. The highest BCUT2D eigenvalue weighted by molar-refractivity contribution is 6.42. The Bertz CT molecular complexity index is 664. The van der Waals surface area contributed by atoms with E-state index in [-0.39, 0.29) is 0 Å². The van der Waals surface area contributed by atoms with Crippen molar-refractivity contribution in [3.8, 4) is 5.69 Å². The topological polar surface area (TPSA) is 29.9 Å². The molecular formula is C17H21Cl2N3. The van der Waals surface area contributed by atoms with E-state index < -0.39 is 0 Å². The van der Waals surface area contributed by atoms with Crippen LogP contribution in [0.25, 0.3) is 5.69 Å². The highest BCUT2D eigenvalue weighted by Gasteiger charge is 2.20. The molecule has 3 nitrogen and oxygen atoms in total. The highest BCUT2D eigenvalue weighted by Crippen LogP contribution is 2.31. The summed E-state index contributed by atoms with van der Waals surface area (Å²) in [7, 11) is 0. The molecule has 1 aromatic heterocycles. The van der Waals surface area contributed by atoms with Gasteiger partial charge in [0, 0.05) is 12.1 Å². The smallest absolute Gasteiger partial charge is 0.133 e. The van der Waals surface area contributed by atoms with Crippen molar-refractivity contribution in [3.63, 3.8) is 0 Å². The van der Waals surface area contributed by atoms with Gasteiger partial charge >= 0.3 is 0 Å². The van der Waals surface area contributed by atoms with Crippen LogP contribution >= 0.6 is 23.2 Å². The van der Waals surface area contributed by atoms with Gasteiger partial charge in [-0.2, -0.15) is 5.10 Å². The molecule has 1 N–H and O–H groups in total. The van der Waals surface area contributed by atoms with Crippen LogP contribution in [0.4, 0.5) is 5.82 Å². The Morgan fingerprint density at radius 3 is 2.86 bits per heavy atom. The van der Waals surface area contributed by atoms with Gasteiger partial charge in [0.05, 0.1) is 21.4 Å². The Kier molecular flexibility index (Phi) is 4.94. The second-order valence-corrected chi connectivity index (χ2v) is 6.59. The minimum absolute atomic E-state index is 0.562. The summed E-state index contributed by atoms with van der Waals surface area (Å²) < 4.78 is 1.99. The van der Waals surface area contributed by atoms with Crippen molar-refractivity contribution >= 4 is 29.0 Å². The molecule has 0 aliphatic carbocycles. The number of nitrogens with one attached hydrogen (secondary N) is 1. The van der Waals surface area contributed by atoms with Crippen LogP contribution in [0.2, 0.25) is 10.0 Å². The number of benzene rings is 1. The third-order valence-electron chi connectivity index (χ3n) is 4.13. The zero-order valence-electron chi connectivity index (χ0n) is 12.8. The Hall–Kier alpha value is -1.19. The molecule has 0 saturated carbocycles. The molecule has 3 rings (SSSR count). The van der Waals surface area contributed by atoms with Gasteiger partial charge in [0.1, 0.15) is 5.82 Å². The summed E-state index contributed by atoms with van der Waals surface area (Å²) in [5.74, 6) is 1.13. The molecule has 5 heteroatoms. The number of hydrogen-bond donors (Lipinski definition) is 1. The first-order valence-electron chi connectivity index (χ1n) is 8.00. The molecule has 1 aliphatic rings. The third-order valence-corrected chi connectivity index (χ3v) is 4.87. The van der Waals surface area contributed by atoms with E-state index in [9.17, 15) is 0 Å². The fourth-order valence-electron chi connectivity index (χ4n) is 2.92. The molecule has 118 valence electrons. The van der Waals surface area contributed by atoms with Crippen molar-refractivity contribution in [2.45, 2.75) is 45.4 Å². The van der Waals surface area contributed by atoms with E-state index in [1.54, 1.807) is 0 Å². The predicted molar refractivity (Wildman–Crippen MR) is 93.6 cm³/mol. The molecule has 0 bridgehead atoms. The van der Waals surface area contributed by atoms with Crippen LogP contribution in [-0.4, -0.2) is 16.3 Å². The van der Waals surface area contributed by atoms with Gasteiger partial charge in [-0.15, -0.1) is 0 Å². The van der Waals surface area contributed by atoms with E-state index in [0.717, 1.165) is 30.9 Å². The van der Waals surface area contributed by atoms with E-state index in [1.165, 1.54) is 36.9 Å². The maximum atomic E-state index is 6.18. The SMILES string of the molecule is CCCCc1nn(-c2ccc(Cl)c(Cl)c2)c2c1CCCCN2. The van der Waals surface area contributed by atoms with Crippen molar-refractivity contribution in [2.75, 3.05) is 11.9 Å². The summed E-state index contributed by atoms with van der Waals surface area (Å²) in [6.45, 7) is 3.21. The standard InChI is InChI=1S/C17H21Cl2N3/c1-2-3-7-16-13-6-4-5-10-20-17(13)22(21-16)12-8-9-14(18)15(19)11-12/h8-9,11,20H,2-7,10H2,1H3. The Morgan fingerprint density at radius 1 is 1.23 bits per heavy atom. The van der Waals surface area contributed by atoms with Gasteiger partial charge in [-0.05, 0) is 50.3 Å². The number of aromatic nitrogens is 2. The molecule has 0 atom stereocenters. The van der Waals surface area contributed by atoms with Gasteiger partial charge in [0.2, 0.25) is 0 Å². The molecular weight excluding hydrogens is 317 g/mol. The van der Waals surface area contributed by atoms with Crippen LogP contribution in [0.15, 0.2) is 18.2 Å². The van der Waals surface area contributed by atoms with Gasteiger partial charge in [0.15, 0.2) is 0 Å². The molecule has 1 aromatic carbocycles. The van der Waals surface area contributed by atoms with Gasteiger partial charge in [-0.25, -0.2) is 4.68 Å². The molecule has 0 amide bonds. The number of unbranched alkanes of at least 4 members (excludes halogenated alkanes) is 1. The number of hydrogen-bond acceptors (Lipinski definition) is 2. The maximum Gasteiger partial charge on any atom is 0.133 e.